The number of benzene rings is 1. The van der Waals surface area contributed by atoms with Crippen molar-refractivity contribution in [3.63, 3.8) is 0 Å². The highest BCUT2D eigenvalue weighted by molar-refractivity contribution is 5.95. The zero-order valence-corrected chi connectivity index (χ0v) is 10.7. The van der Waals surface area contributed by atoms with Crippen LogP contribution < -0.4 is 0 Å². The number of carbonyl (C=O) groups excluding carboxylic acids is 1. The fourth-order valence-electron chi connectivity index (χ4n) is 1.99. The third kappa shape index (κ3) is 2.62. The van der Waals surface area contributed by atoms with Crippen LogP contribution in [0.15, 0.2) is 12.1 Å². The number of aliphatic carboxylic acids is 1. The zero-order valence-electron chi connectivity index (χ0n) is 10.7. The Bertz CT molecular complexity index is 562. The fraction of sp³-hybridized carbons (Fsp3) is 0.385. The highest BCUT2D eigenvalue weighted by atomic mass is 19.1. The van der Waals surface area contributed by atoms with Crippen LogP contribution in [0, 0.1) is 18.6 Å². The fourth-order valence-corrected chi connectivity index (χ4v) is 1.99. The molecule has 1 fully saturated rings. The van der Waals surface area contributed by atoms with Gasteiger partial charge in [-0.1, -0.05) is 6.07 Å². The maximum Gasteiger partial charge on any atom is 0.334 e. The number of hydrogen-bond donors (Lipinski definition) is 1. The Balaban J connectivity index is 2.28. The van der Waals surface area contributed by atoms with E-state index in [1.165, 1.54) is 13.0 Å². The molecule has 5 nitrogen and oxygen atoms in total. The molecule has 1 amide bonds. The summed E-state index contributed by atoms with van der Waals surface area (Å²) in [6.07, 6.45) is -1.18. The van der Waals surface area contributed by atoms with Crippen molar-refractivity contribution in [1.82, 2.24) is 4.90 Å². The minimum absolute atomic E-state index is 0.0117. The van der Waals surface area contributed by atoms with Crippen molar-refractivity contribution in [3.8, 4) is 0 Å². The number of ether oxygens (including phenoxy) is 1. The topological polar surface area (TPSA) is 66.8 Å². The van der Waals surface area contributed by atoms with Crippen molar-refractivity contribution in [2.75, 3.05) is 19.7 Å². The van der Waals surface area contributed by atoms with Gasteiger partial charge in [0.15, 0.2) is 6.10 Å². The van der Waals surface area contributed by atoms with E-state index < -0.39 is 35.2 Å². The molecule has 0 spiro atoms. The first-order valence-electron chi connectivity index (χ1n) is 6.00. The number of aryl methyl sites for hydroxylation is 1. The first kappa shape index (κ1) is 14.4. The molecule has 2 rings (SSSR count). The zero-order chi connectivity index (χ0) is 14.9. The highest BCUT2D eigenvalue weighted by Crippen LogP contribution is 2.19. The normalized spacial score (nSPS) is 18.9. The second-order valence-electron chi connectivity index (χ2n) is 4.50. The number of rotatable bonds is 2. The number of nitrogens with zero attached hydrogens (tertiary/aromatic N) is 1. The van der Waals surface area contributed by atoms with Crippen molar-refractivity contribution in [2.45, 2.75) is 13.0 Å². The number of morpholine rings is 1. The third-order valence-electron chi connectivity index (χ3n) is 3.13. The molecule has 0 aromatic heterocycles. The Labute approximate surface area is 113 Å². The van der Waals surface area contributed by atoms with Crippen LogP contribution in [0.5, 0.6) is 0 Å². The van der Waals surface area contributed by atoms with E-state index in [2.05, 4.69) is 0 Å². The maximum absolute atomic E-state index is 13.9. The molecule has 7 heteroatoms. The van der Waals surface area contributed by atoms with Crippen molar-refractivity contribution in [3.05, 3.63) is 34.9 Å². The minimum atomic E-state index is -1.22. The van der Waals surface area contributed by atoms with Crippen molar-refractivity contribution < 1.29 is 28.2 Å². The number of halogens is 2. The minimum Gasteiger partial charge on any atom is -0.479 e. The molecule has 1 aromatic rings. The molecule has 0 radical (unpaired) electrons. The van der Waals surface area contributed by atoms with Gasteiger partial charge in [-0.15, -0.1) is 0 Å². The molecule has 1 unspecified atom stereocenters. The molecule has 1 N–H and O–H groups in total. The average molecular weight is 285 g/mol. The Kier molecular flexibility index (Phi) is 3.99. The largest absolute Gasteiger partial charge is 0.479 e. The summed E-state index contributed by atoms with van der Waals surface area (Å²) >= 11 is 0. The van der Waals surface area contributed by atoms with Crippen LogP contribution in [-0.4, -0.2) is 47.7 Å². The maximum atomic E-state index is 13.9. The quantitative estimate of drug-likeness (QED) is 0.886. The molecule has 1 aliphatic rings. The standard InChI is InChI=1S/C13H13F2NO4/c1-7-2-3-8(14)10(11(7)15)12(17)16-4-5-20-9(6-16)13(18)19/h2-3,9H,4-6H2,1H3,(H,18,19). The molecular formula is C13H13F2NO4. The van der Waals surface area contributed by atoms with E-state index in [9.17, 15) is 18.4 Å². The molecule has 0 aliphatic carbocycles. The Hall–Kier alpha value is -2.02. The van der Waals surface area contributed by atoms with Crippen LogP contribution in [0.25, 0.3) is 0 Å². The lowest BCUT2D eigenvalue weighted by Crippen LogP contribution is -2.48. The smallest absolute Gasteiger partial charge is 0.334 e. The highest BCUT2D eigenvalue weighted by Gasteiger charge is 2.32. The number of carboxylic acid groups (broad SMARTS) is 1. The van der Waals surface area contributed by atoms with Crippen molar-refractivity contribution >= 4 is 11.9 Å². The molecule has 20 heavy (non-hydrogen) atoms. The summed E-state index contributed by atoms with van der Waals surface area (Å²) in [5.74, 6) is -3.96. The lowest BCUT2D eigenvalue weighted by atomic mass is 10.1. The van der Waals surface area contributed by atoms with Crippen LogP contribution in [0.2, 0.25) is 0 Å². The molecule has 1 saturated heterocycles. The molecule has 108 valence electrons. The number of hydrogen-bond acceptors (Lipinski definition) is 3. The van der Waals surface area contributed by atoms with E-state index in [1.54, 1.807) is 0 Å². The summed E-state index contributed by atoms with van der Waals surface area (Å²) in [7, 11) is 0. The van der Waals surface area contributed by atoms with Crippen LogP contribution in [0.4, 0.5) is 8.78 Å². The van der Waals surface area contributed by atoms with E-state index >= 15 is 0 Å². The van der Waals surface area contributed by atoms with Gasteiger partial charge in [-0.3, -0.25) is 4.79 Å². The average Bonchev–Trinajstić information content (AvgIpc) is 2.43. The second-order valence-corrected chi connectivity index (χ2v) is 4.50. The van der Waals surface area contributed by atoms with Gasteiger partial charge in [0.25, 0.3) is 5.91 Å². The molecule has 1 aliphatic heterocycles. The third-order valence-corrected chi connectivity index (χ3v) is 3.13. The summed E-state index contributed by atoms with van der Waals surface area (Å²) in [6.45, 7) is 1.29. The predicted octanol–water partition coefficient (Wildman–Crippen LogP) is 1.20. The summed E-state index contributed by atoms with van der Waals surface area (Å²) in [5, 5.41) is 8.85. The van der Waals surface area contributed by atoms with Gasteiger partial charge in [0.05, 0.1) is 13.2 Å². The van der Waals surface area contributed by atoms with Gasteiger partial charge < -0.3 is 14.7 Å². The Morgan fingerprint density at radius 1 is 1.40 bits per heavy atom. The number of amides is 1. The van der Waals surface area contributed by atoms with E-state index in [0.29, 0.717) is 0 Å². The summed E-state index contributed by atoms with van der Waals surface area (Å²) in [6, 6.07) is 2.25. The second kappa shape index (κ2) is 5.54. The van der Waals surface area contributed by atoms with Crippen molar-refractivity contribution in [1.29, 1.82) is 0 Å². The molecule has 1 aromatic carbocycles. The van der Waals surface area contributed by atoms with Crippen LogP contribution in [0.1, 0.15) is 15.9 Å². The van der Waals surface area contributed by atoms with Gasteiger partial charge in [-0.05, 0) is 18.6 Å². The Morgan fingerprint density at radius 3 is 2.75 bits per heavy atom. The Morgan fingerprint density at radius 2 is 2.10 bits per heavy atom. The van der Waals surface area contributed by atoms with Gasteiger partial charge in [-0.25, -0.2) is 13.6 Å². The van der Waals surface area contributed by atoms with Crippen LogP contribution in [0.3, 0.4) is 0 Å². The monoisotopic (exact) mass is 285 g/mol. The van der Waals surface area contributed by atoms with Gasteiger partial charge >= 0.3 is 5.97 Å². The summed E-state index contributed by atoms with van der Waals surface area (Å²) in [5.41, 5.74) is -0.506. The first-order chi connectivity index (χ1) is 9.41. The molecular weight excluding hydrogens is 272 g/mol. The van der Waals surface area contributed by atoms with Crippen molar-refractivity contribution in [2.24, 2.45) is 0 Å². The van der Waals surface area contributed by atoms with Gasteiger partial charge in [0.1, 0.15) is 17.2 Å². The van der Waals surface area contributed by atoms with Gasteiger partial charge in [0, 0.05) is 6.54 Å². The van der Waals surface area contributed by atoms with Crippen LogP contribution in [-0.2, 0) is 9.53 Å². The lowest BCUT2D eigenvalue weighted by molar-refractivity contribution is -0.154. The number of carbonyl (C=O) groups is 2. The number of carboxylic acids is 1. The lowest BCUT2D eigenvalue weighted by Gasteiger charge is -2.31. The van der Waals surface area contributed by atoms with Crippen LogP contribution >= 0.6 is 0 Å². The van der Waals surface area contributed by atoms with E-state index in [1.807, 2.05) is 0 Å². The summed E-state index contributed by atoms with van der Waals surface area (Å²) in [4.78, 5) is 24.1. The van der Waals surface area contributed by atoms with E-state index in [4.69, 9.17) is 9.84 Å². The first-order valence-corrected chi connectivity index (χ1v) is 6.00. The molecule has 0 bridgehead atoms. The predicted molar refractivity (Wildman–Crippen MR) is 64.4 cm³/mol. The SMILES string of the molecule is Cc1ccc(F)c(C(=O)N2CCOC(C(=O)O)C2)c1F. The van der Waals surface area contributed by atoms with Gasteiger partial charge in [-0.2, -0.15) is 0 Å². The molecule has 1 atom stereocenters. The van der Waals surface area contributed by atoms with E-state index in [-0.39, 0.29) is 25.3 Å². The summed E-state index contributed by atoms with van der Waals surface area (Å²) < 4.78 is 32.5. The van der Waals surface area contributed by atoms with E-state index in [0.717, 1.165) is 11.0 Å². The van der Waals surface area contributed by atoms with Gasteiger partial charge in [0.2, 0.25) is 0 Å². The molecule has 0 saturated carbocycles. The molecule has 1 heterocycles.